The van der Waals surface area contributed by atoms with Crippen LogP contribution in [-0.2, 0) is 6.54 Å². The van der Waals surface area contributed by atoms with E-state index < -0.39 is 5.38 Å². The summed E-state index contributed by atoms with van der Waals surface area (Å²) in [7, 11) is 1.44. The number of rotatable bonds is 3. The van der Waals surface area contributed by atoms with E-state index in [9.17, 15) is 4.79 Å². The molecule has 1 heterocycles. The molecule has 5 nitrogen and oxygen atoms in total. The summed E-state index contributed by atoms with van der Waals surface area (Å²) in [6.07, 6.45) is 0. The number of nitrogens with zero attached hydrogens (tertiary/aromatic N) is 3. The number of aromatic nitrogens is 2. The van der Waals surface area contributed by atoms with Crippen LogP contribution in [0.5, 0.6) is 5.88 Å². The van der Waals surface area contributed by atoms with Crippen molar-refractivity contribution < 1.29 is 4.74 Å². The Labute approximate surface area is 85.5 Å². The van der Waals surface area contributed by atoms with E-state index in [2.05, 4.69) is 5.10 Å². The van der Waals surface area contributed by atoms with E-state index >= 15 is 0 Å². The quantitative estimate of drug-likeness (QED) is 0.681. The first-order valence-corrected chi connectivity index (χ1v) is 4.27. The lowest BCUT2D eigenvalue weighted by Crippen LogP contribution is -2.25. The first-order chi connectivity index (χ1) is 6.67. The maximum absolute atomic E-state index is 11.2. The Balaban J connectivity index is 2.96. The van der Waals surface area contributed by atoms with Crippen LogP contribution >= 0.6 is 11.6 Å². The molecule has 0 saturated heterocycles. The molecule has 0 fully saturated rings. The zero-order valence-electron chi connectivity index (χ0n) is 7.48. The van der Waals surface area contributed by atoms with Crippen LogP contribution in [0.2, 0.25) is 0 Å². The molecule has 0 aromatic carbocycles. The summed E-state index contributed by atoms with van der Waals surface area (Å²) >= 11 is 5.57. The highest BCUT2D eigenvalue weighted by Crippen LogP contribution is 2.01. The van der Waals surface area contributed by atoms with Crippen molar-refractivity contribution in [2.45, 2.75) is 11.9 Å². The highest BCUT2D eigenvalue weighted by atomic mass is 35.5. The van der Waals surface area contributed by atoms with Gasteiger partial charge in [-0.05, 0) is 0 Å². The van der Waals surface area contributed by atoms with Gasteiger partial charge in [0.1, 0.15) is 5.38 Å². The minimum atomic E-state index is -0.771. The van der Waals surface area contributed by atoms with Gasteiger partial charge in [0, 0.05) is 12.1 Å². The molecule has 14 heavy (non-hydrogen) atoms. The topological polar surface area (TPSA) is 67.9 Å². The van der Waals surface area contributed by atoms with Crippen molar-refractivity contribution in [3.05, 3.63) is 22.5 Å². The summed E-state index contributed by atoms with van der Waals surface area (Å²) in [4.78, 5) is 11.2. The van der Waals surface area contributed by atoms with Gasteiger partial charge in [-0.25, -0.2) is 4.68 Å². The van der Waals surface area contributed by atoms with Gasteiger partial charge in [-0.15, -0.1) is 16.7 Å². The molecule has 1 unspecified atom stereocenters. The van der Waals surface area contributed by atoms with E-state index in [0.717, 1.165) is 4.68 Å². The summed E-state index contributed by atoms with van der Waals surface area (Å²) in [5.74, 6) is 0.311. The van der Waals surface area contributed by atoms with Gasteiger partial charge in [0.05, 0.1) is 19.7 Å². The van der Waals surface area contributed by atoms with Crippen molar-refractivity contribution in [1.82, 2.24) is 9.78 Å². The predicted molar refractivity (Wildman–Crippen MR) is 50.3 cm³/mol. The van der Waals surface area contributed by atoms with Crippen LogP contribution in [0, 0.1) is 11.3 Å². The maximum Gasteiger partial charge on any atom is 0.267 e. The summed E-state index contributed by atoms with van der Waals surface area (Å²) < 4.78 is 5.93. The summed E-state index contributed by atoms with van der Waals surface area (Å²) in [6.45, 7) is 0.0497. The molecule has 0 aliphatic rings. The molecule has 1 rings (SSSR count). The van der Waals surface area contributed by atoms with Crippen molar-refractivity contribution in [3.8, 4) is 11.9 Å². The number of nitriles is 1. The summed E-state index contributed by atoms with van der Waals surface area (Å²) in [5.41, 5.74) is -0.313. The monoisotopic (exact) mass is 213 g/mol. The molecule has 1 aromatic heterocycles. The van der Waals surface area contributed by atoms with E-state index in [-0.39, 0.29) is 12.1 Å². The Morgan fingerprint density at radius 3 is 3.07 bits per heavy atom. The fourth-order valence-electron chi connectivity index (χ4n) is 0.863. The lowest BCUT2D eigenvalue weighted by molar-refractivity contribution is 0.376. The number of methoxy groups -OCH3 is 1. The minimum absolute atomic E-state index is 0.0497. The molecule has 0 saturated carbocycles. The van der Waals surface area contributed by atoms with Crippen LogP contribution in [0.3, 0.4) is 0 Å². The van der Waals surface area contributed by atoms with Gasteiger partial charge >= 0.3 is 0 Å². The van der Waals surface area contributed by atoms with Gasteiger partial charge in [-0.3, -0.25) is 4.79 Å². The molecule has 0 spiro atoms. The van der Waals surface area contributed by atoms with Crippen molar-refractivity contribution in [2.75, 3.05) is 7.11 Å². The first-order valence-electron chi connectivity index (χ1n) is 3.83. The molecule has 1 aromatic rings. The van der Waals surface area contributed by atoms with E-state index in [1.54, 1.807) is 6.07 Å². The van der Waals surface area contributed by atoms with E-state index in [1.807, 2.05) is 0 Å². The summed E-state index contributed by atoms with van der Waals surface area (Å²) in [6, 6.07) is 4.57. The predicted octanol–water partition coefficient (Wildman–Crippen LogP) is 0.383. The second-order valence-electron chi connectivity index (χ2n) is 2.49. The van der Waals surface area contributed by atoms with Crippen molar-refractivity contribution in [1.29, 1.82) is 5.26 Å². The minimum Gasteiger partial charge on any atom is -0.480 e. The fourth-order valence-corrected chi connectivity index (χ4v) is 0.993. The lowest BCUT2D eigenvalue weighted by Gasteiger charge is -2.05. The summed E-state index contributed by atoms with van der Waals surface area (Å²) in [5, 5.41) is 11.5. The number of hydrogen-bond donors (Lipinski definition) is 0. The second-order valence-corrected chi connectivity index (χ2v) is 3.02. The molecule has 0 N–H and O–H groups in total. The maximum atomic E-state index is 11.2. The van der Waals surface area contributed by atoms with Gasteiger partial charge in [-0.2, -0.15) is 5.26 Å². The number of ether oxygens (including phenoxy) is 1. The molecule has 0 aliphatic heterocycles. The normalized spacial score (nSPS) is 11.8. The average molecular weight is 214 g/mol. The van der Waals surface area contributed by atoms with Gasteiger partial charge < -0.3 is 4.74 Å². The molecule has 74 valence electrons. The lowest BCUT2D eigenvalue weighted by atomic mass is 10.4. The molecule has 1 atom stereocenters. The van der Waals surface area contributed by atoms with Crippen LogP contribution in [0.15, 0.2) is 16.9 Å². The van der Waals surface area contributed by atoms with Crippen LogP contribution in [0.4, 0.5) is 0 Å². The van der Waals surface area contributed by atoms with Gasteiger partial charge in [0.25, 0.3) is 5.56 Å². The second kappa shape index (κ2) is 4.63. The van der Waals surface area contributed by atoms with E-state index in [1.165, 1.54) is 19.2 Å². The van der Waals surface area contributed by atoms with Gasteiger partial charge in [-0.1, -0.05) is 0 Å². The zero-order chi connectivity index (χ0) is 10.6. The third-order valence-electron chi connectivity index (χ3n) is 1.52. The molecule has 6 heteroatoms. The smallest absolute Gasteiger partial charge is 0.267 e. The average Bonchev–Trinajstić information content (AvgIpc) is 2.21. The highest BCUT2D eigenvalue weighted by molar-refractivity contribution is 6.22. The zero-order valence-corrected chi connectivity index (χ0v) is 8.23. The van der Waals surface area contributed by atoms with Crippen molar-refractivity contribution >= 4 is 11.6 Å². The van der Waals surface area contributed by atoms with Crippen LogP contribution in [0.25, 0.3) is 0 Å². The Morgan fingerprint density at radius 1 is 1.79 bits per heavy atom. The largest absolute Gasteiger partial charge is 0.480 e. The number of halogens is 1. The fraction of sp³-hybridized carbons (Fsp3) is 0.375. The van der Waals surface area contributed by atoms with Crippen LogP contribution < -0.4 is 10.3 Å². The van der Waals surface area contributed by atoms with Gasteiger partial charge in [0.2, 0.25) is 5.88 Å². The van der Waals surface area contributed by atoms with Crippen molar-refractivity contribution in [2.24, 2.45) is 0 Å². The van der Waals surface area contributed by atoms with Crippen LogP contribution in [0.1, 0.15) is 0 Å². The van der Waals surface area contributed by atoms with Crippen molar-refractivity contribution in [3.63, 3.8) is 0 Å². The molecule has 0 radical (unpaired) electrons. The molecule has 0 aliphatic carbocycles. The Bertz CT molecular complexity index is 410. The Morgan fingerprint density at radius 2 is 2.50 bits per heavy atom. The Kier molecular flexibility index (Phi) is 3.48. The third kappa shape index (κ3) is 2.47. The van der Waals surface area contributed by atoms with E-state index in [4.69, 9.17) is 21.6 Å². The molecule has 0 amide bonds. The van der Waals surface area contributed by atoms with Gasteiger partial charge in [0.15, 0.2) is 0 Å². The number of alkyl halides is 1. The highest BCUT2D eigenvalue weighted by Gasteiger charge is 2.06. The van der Waals surface area contributed by atoms with E-state index in [0.29, 0.717) is 5.88 Å². The molecular weight excluding hydrogens is 206 g/mol. The standard InChI is InChI=1S/C8H8ClN3O2/c1-14-7-2-3-8(13)12(11-7)5-6(9)4-10/h2-3,6H,5H2,1H3. The first kappa shape index (κ1) is 10.5. The SMILES string of the molecule is COc1ccc(=O)n(CC(Cl)C#N)n1. The number of hydrogen-bond acceptors (Lipinski definition) is 4. The van der Waals surface area contributed by atoms with Crippen LogP contribution in [-0.4, -0.2) is 22.3 Å². The molecular formula is C8H8ClN3O2. The molecule has 0 bridgehead atoms. The third-order valence-corrected chi connectivity index (χ3v) is 1.76. The Hall–Kier alpha value is -1.54.